The summed E-state index contributed by atoms with van der Waals surface area (Å²) >= 11 is 3.17. The average molecular weight is 328 g/mol. The molecule has 16 heavy (non-hydrogen) atoms. The van der Waals surface area contributed by atoms with Crippen LogP contribution in [0.15, 0.2) is 22.7 Å². The first-order chi connectivity index (χ1) is 7.33. The summed E-state index contributed by atoms with van der Waals surface area (Å²) in [5.74, 6) is -0.869. The lowest BCUT2D eigenvalue weighted by Gasteiger charge is -2.04. The zero-order chi connectivity index (χ0) is 12.3. The SMILES string of the molecule is COC(=O)c1cc(CS(=O)(=O)Cl)ccc1Br. The van der Waals surface area contributed by atoms with E-state index in [-0.39, 0.29) is 11.3 Å². The number of halogens is 2. The van der Waals surface area contributed by atoms with E-state index in [0.29, 0.717) is 10.0 Å². The van der Waals surface area contributed by atoms with Crippen molar-refractivity contribution in [1.29, 1.82) is 0 Å². The molecule has 88 valence electrons. The number of rotatable bonds is 3. The van der Waals surface area contributed by atoms with Crippen molar-refractivity contribution in [2.24, 2.45) is 0 Å². The van der Waals surface area contributed by atoms with Crippen LogP contribution in [0, 0.1) is 0 Å². The van der Waals surface area contributed by atoms with Crippen molar-refractivity contribution < 1.29 is 17.9 Å². The Morgan fingerprint density at radius 1 is 1.50 bits per heavy atom. The summed E-state index contributed by atoms with van der Waals surface area (Å²) in [6.45, 7) is 0. The van der Waals surface area contributed by atoms with Crippen LogP contribution in [0.5, 0.6) is 0 Å². The van der Waals surface area contributed by atoms with E-state index in [1.807, 2.05) is 0 Å². The van der Waals surface area contributed by atoms with E-state index in [9.17, 15) is 13.2 Å². The molecule has 0 atom stereocenters. The average Bonchev–Trinajstić information content (AvgIpc) is 2.18. The van der Waals surface area contributed by atoms with Crippen molar-refractivity contribution in [2.75, 3.05) is 7.11 Å². The van der Waals surface area contributed by atoms with Gasteiger partial charge in [-0.05, 0) is 33.6 Å². The fourth-order valence-corrected chi connectivity index (χ4v) is 2.49. The van der Waals surface area contributed by atoms with E-state index in [1.54, 1.807) is 12.1 Å². The van der Waals surface area contributed by atoms with Crippen LogP contribution >= 0.6 is 26.6 Å². The molecule has 0 spiro atoms. The number of benzene rings is 1. The van der Waals surface area contributed by atoms with Gasteiger partial charge in [0.25, 0.3) is 0 Å². The number of carbonyl (C=O) groups is 1. The van der Waals surface area contributed by atoms with Crippen LogP contribution in [0.25, 0.3) is 0 Å². The maximum Gasteiger partial charge on any atom is 0.339 e. The van der Waals surface area contributed by atoms with Gasteiger partial charge in [0.1, 0.15) is 0 Å². The molecule has 4 nitrogen and oxygen atoms in total. The summed E-state index contributed by atoms with van der Waals surface area (Å²) in [7, 11) is 2.73. The minimum atomic E-state index is -3.63. The number of methoxy groups -OCH3 is 1. The van der Waals surface area contributed by atoms with Crippen molar-refractivity contribution in [3.05, 3.63) is 33.8 Å². The van der Waals surface area contributed by atoms with Gasteiger partial charge in [0.15, 0.2) is 0 Å². The first kappa shape index (κ1) is 13.5. The summed E-state index contributed by atoms with van der Waals surface area (Å²) in [6.07, 6.45) is 0. The Kier molecular flexibility index (Phi) is 4.35. The van der Waals surface area contributed by atoms with Gasteiger partial charge in [-0.25, -0.2) is 13.2 Å². The molecule has 1 aromatic carbocycles. The molecule has 0 radical (unpaired) electrons. The maximum absolute atomic E-state index is 11.3. The molecular formula is C9H8BrClO4S. The van der Waals surface area contributed by atoms with Gasteiger partial charge in [-0.3, -0.25) is 0 Å². The van der Waals surface area contributed by atoms with Gasteiger partial charge in [-0.15, -0.1) is 0 Å². The van der Waals surface area contributed by atoms with Crippen LogP contribution in [0.4, 0.5) is 0 Å². The first-order valence-electron chi connectivity index (χ1n) is 4.12. The Labute approximate surface area is 106 Å². The number of esters is 1. The van der Waals surface area contributed by atoms with Crippen molar-refractivity contribution in [2.45, 2.75) is 5.75 Å². The number of hydrogen-bond acceptors (Lipinski definition) is 4. The van der Waals surface area contributed by atoms with E-state index in [2.05, 4.69) is 20.7 Å². The highest BCUT2D eigenvalue weighted by Crippen LogP contribution is 2.21. The number of hydrogen-bond donors (Lipinski definition) is 0. The van der Waals surface area contributed by atoms with Crippen LogP contribution in [0.1, 0.15) is 15.9 Å². The largest absolute Gasteiger partial charge is 0.465 e. The molecule has 1 aromatic rings. The first-order valence-corrected chi connectivity index (χ1v) is 7.39. The summed E-state index contributed by atoms with van der Waals surface area (Å²) in [5, 5.41) is 0. The Hall–Kier alpha value is -0.590. The van der Waals surface area contributed by atoms with E-state index < -0.39 is 15.0 Å². The standard InChI is InChI=1S/C9H8BrClO4S/c1-15-9(12)7-4-6(2-3-8(7)10)5-16(11,13)14/h2-4H,5H2,1H3. The lowest BCUT2D eigenvalue weighted by Crippen LogP contribution is -2.04. The Morgan fingerprint density at radius 3 is 2.62 bits per heavy atom. The molecule has 0 saturated heterocycles. The molecule has 0 aliphatic carbocycles. The summed E-state index contributed by atoms with van der Waals surface area (Å²) in [4.78, 5) is 11.3. The molecular weight excluding hydrogens is 320 g/mol. The number of carbonyl (C=O) groups excluding carboxylic acids is 1. The molecule has 1 rings (SSSR count). The minimum Gasteiger partial charge on any atom is -0.465 e. The Bertz CT molecular complexity index is 512. The van der Waals surface area contributed by atoms with Gasteiger partial charge in [0.2, 0.25) is 9.05 Å². The predicted octanol–water partition coefficient (Wildman–Crippen LogP) is 2.30. The molecule has 0 aromatic heterocycles. The lowest BCUT2D eigenvalue weighted by atomic mass is 10.1. The van der Waals surface area contributed by atoms with E-state index in [0.717, 1.165) is 0 Å². The normalized spacial score (nSPS) is 11.2. The van der Waals surface area contributed by atoms with E-state index >= 15 is 0 Å². The zero-order valence-corrected chi connectivity index (χ0v) is 11.4. The van der Waals surface area contributed by atoms with Crippen LogP contribution < -0.4 is 0 Å². The highest BCUT2D eigenvalue weighted by Gasteiger charge is 2.13. The molecule has 0 heterocycles. The van der Waals surface area contributed by atoms with E-state index in [1.165, 1.54) is 13.2 Å². The fraction of sp³-hybridized carbons (Fsp3) is 0.222. The van der Waals surface area contributed by atoms with Gasteiger partial charge in [-0.1, -0.05) is 6.07 Å². The third kappa shape index (κ3) is 3.77. The van der Waals surface area contributed by atoms with Crippen LogP contribution in [0.2, 0.25) is 0 Å². The summed E-state index contributed by atoms with van der Waals surface area (Å²) in [5.41, 5.74) is 0.693. The van der Waals surface area contributed by atoms with Gasteiger partial charge in [-0.2, -0.15) is 0 Å². The second-order valence-electron chi connectivity index (χ2n) is 2.99. The lowest BCUT2D eigenvalue weighted by molar-refractivity contribution is 0.0599. The monoisotopic (exact) mass is 326 g/mol. The second kappa shape index (κ2) is 5.16. The Balaban J connectivity index is 3.12. The Morgan fingerprint density at radius 2 is 2.12 bits per heavy atom. The third-order valence-corrected chi connectivity index (χ3v) is 3.47. The molecule has 0 aliphatic rings. The summed E-state index contributed by atoms with van der Waals surface area (Å²) < 4.78 is 26.8. The molecule has 0 unspecified atom stereocenters. The van der Waals surface area contributed by atoms with Gasteiger partial charge in [0.05, 0.1) is 18.4 Å². The molecule has 0 fully saturated rings. The fourth-order valence-electron chi connectivity index (χ4n) is 1.13. The number of ether oxygens (including phenoxy) is 1. The molecule has 0 N–H and O–H groups in total. The highest BCUT2D eigenvalue weighted by molar-refractivity contribution is 9.10. The topological polar surface area (TPSA) is 60.4 Å². The molecule has 0 amide bonds. The van der Waals surface area contributed by atoms with E-state index in [4.69, 9.17) is 10.7 Å². The molecule has 7 heteroatoms. The van der Waals surface area contributed by atoms with Gasteiger partial charge >= 0.3 is 5.97 Å². The van der Waals surface area contributed by atoms with Crippen LogP contribution in [-0.2, 0) is 19.5 Å². The van der Waals surface area contributed by atoms with Crippen LogP contribution in [0.3, 0.4) is 0 Å². The van der Waals surface area contributed by atoms with Gasteiger partial charge < -0.3 is 4.74 Å². The molecule has 0 saturated carbocycles. The molecule has 0 aliphatic heterocycles. The maximum atomic E-state index is 11.3. The van der Waals surface area contributed by atoms with Crippen LogP contribution in [-0.4, -0.2) is 21.5 Å². The minimum absolute atomic E-state index is 0.264. The molecule has 0 bridgehead atoms. The second-order valence-corrected chi connectivity index (χ2v) is 6.62. The van der Waals surface area contributed by atoms with Crippen molar-refractivity contribution in [3.63, 3.8) is 0 Å². The summed E-state index contributed by atoms with van der Waals surface area (Å²) in [6, 6.07) is 4.57. The quantitative estimate of drug-likeness (QED) is 0.631. The van der Waals surface area contributed by atoms with Crippen molar-refractivity contribution in [1.82, 2.24) is 0 Å². The van der Waals surface area contributed by atoms with Crippen molar-refractivity contribution >= 4 is 41.6 Å². The van der Waals surface area contributed by atoms with Gasteiger partial charge in [0, 0.05) is 15.2 Å². The zero-order valence-electron chi connectivity index (χ0n) is 8.24. The third-order valence-electron chi connectivity index (χ3n) is 1.78. The smallest absolute Gasteiger partial charge is 0.339 e. The highest BCUT2D eigenvalue weighted by atomic mass is 79.9. The van der Waals surface area contributed by atoms with Crippen molar-refractivity contribution in [3.8, 4) is 0 Å². The predicted molar refractivity (Wildman–Crippen MR) is 64.0 cm³/mol.